The number of phenols is 1. The van der Waals surface area contributed by atoms with E-state index >= 15 is 0 Å². The largest absolute Gasteiger partial charge is 0.504 e. The number of aliphatic hydroxyl groups is 1. The van der Waals surface area contributed by atoms with Crippen molar-refractivity contribution in [1.29, 1.82) is 0 Å². The number of methoxy groups -OCH3 is 1. The van der Waals surface area contributed by atoms with E-state index < -0.39 is 11.2 Å². The highest BCUT2D eigenvalue weighted by atomic mass is 16.6. The monoisotopic (exact) mass is 413 g/mol. The molecule has 7 rings (SSSR count). The second kappa shape index (κ2) is 5.73. The minimum atomic E-state index is -0.798. The zero-order chi connectivity index (χ0) is 21.1. The van der Waals surface area contributed by atoms with Crippen LogP contribution in [0.2, 0.25) is 0 Å². The van der Waals surface area contributed by atoms with Crippen LogP contribution in [-0.4, -0.2) is 59.2 Å². The minimum absolute atomic E-state index is 0.0221. The van der Waals surface area contributed by atoms with Gasteiger partial charge in [0.1, 0.15) is 11.7 Å². The molecule has 2 N–H and O–H groups in total. The van der Waals surface area contributed by atoms with E-state index in [1.807, 2.05) is 20.1 Å². The van der Waals surface area contributed by atoms with Gasteiger partial charge in [0, 0.05) is 35.5 Å². The van der Waals surface area contributed by atoms with Crippen molar-refractivity contribution < 1.29 is 19.7 Å². The molecule has 1 saturated heterocycles. The molecule has 164 valence electrons. The van der Waals surface area contributed by atoms with Crippen molar-refractivity contribution >= 4 is 0 Å². The Morgan fingerprint density at radius 1 is 1.30 bits per heavy atom. The molecule has 4 bridgehead atoms. The van der Waals surface area contributed by atoms with Gasteiger partial charge in [-0.05, 0) is 70.7 Å². The van der Waals surface area contributed by atoms with E-state index in [4.69, 9.17) is 9.47 Å². The summed E-state index contributed by atoms with van der Waals surface area (Å²) in [6.45, 7) is 5.19. The van der Waals surface area contributed by atoms with Crippen molar-refractivity contribution in [1.82, 2.24) is 4.90 Å². The number of rotatable bonds is 4. The molecule has 3 saturated carbocycles. The second-order valence-corrected chi connectivity index (χ2v) is 11.0. The van der Waals surface area contributed by atoms with E-state index in [-0.39, 0.29) is 28.6 Å². The van der Waals surface area contributed by atoms with Crippen LogP contribution < -0.4 is 4.74 Å². The van der Waals surface area contributed by atoms with Gasteiger partial charge in [-0.25, -0.2) is 0 Å². The number of aromatic hydroxyl groups is 1. The molecule has 6 aliphatic rings. The van der Waals surface area contributed by atoms with Crippen LogP contribution in [0.4, 0.5) is 0 Å². The fourth-order valence-corrected chi connectivity index (χ4v) is 9.09. The number of benzene rings is 1. The Labute approximate surface area is 179 Å². The summed E-state index contributed by atoms with van der Waals surface area (Å²) in [6.07, 6.45) is 6.57. The summed E-state index contributed by atoms with van der Waals surface area (Å²) >= 11 is 0. The van der Waals surface area contributed by atoms with Crippen LogP contribution in [0.5, 0.6) is 11.5 Å². The molecule has 5 heteroatoms. The van der Waals surface area contributed by atoms with Crippen LogP contribution in [-0.2, 0) is 16.6 Å². The van der Waals surface area contributed by atoms with Crippen LogP contribution in [0, 0.1) is 11.3 Å². The van der Waals surface area contributed by atoms with Crippen molar-refractivity contribution in [2.45, 2.75) is 87.6 Å². The molecule has 0 radical (unpaired) electrons. The fraction of sp³-hybridized carbons (Fsp3) is 0.760. The predicted molar refractivity (Wildman–Crippen MR) is 114 cm³/mol. The molecule has 0 aromatic heterocycles. The molecular weight excluding hydrogens is 378 g/mol. The van der Waals surface area contributed by atoms with Gasteiger partial charge in [-0.3, -0.25) is 0 Å². The molecule has 0 amide bonds. The van der Waals surface area contributed by atoms with Gasteiger partial charge in [0.15, 0.2) is 11.5 Å². The van der Waals surface area contributed by atoms with E-state index in [0.717, 1.165) is 51.5 Å². The van der Waals surface area contributed by atoms with E-state index in [0.29, 0.717) is 11.8 Å². The lowest BCUT2D eigenvalue weighted by Gasteiger charge is -2.74. The Morgan fingerprint density at radius 3 is 2.83 bits per heavy atom. The molecule has 1 aromatic rings. The molecule has 2 spiro atoms. The SMILES string of the molecule is CCC[C@](C)(O)[C@H]1C[C@@]23CC[C@]1(OC)[C@@H]1Oc4c(O)ccc5c4[C@@]12CCN(C)[C@@H]3C5. The first-order chi connectivity index (χ1) is 14.3. The smallest absolute Gasteiger partial charge is 0.165 e. The Bertz CT molecular complexity index is 915. The van der Waals surface area contributed by atoms with Crippen molar-refractivity contribution in [3.8, 4) is 11.5 Å². The normalized spacial score (nSPS) is 45.0. The van der Waals surface area contributed by atoms with E-state index in [1.54, 1.807) is 0 Å². The summed E-state index contributed by atoms with van der Waals surface area (Å²) in [7, 11) is 4.09. The molecule has 4 fully saturated rings. The van der Waals surface area contributed by atoms with Gasteiger partial charge in [0.2, 0.25) is 0 Å². The summed E-state index contributed by atoms with van der Waals surface area (Å²) in [5.41, 5.74) is 1.21. The number of hydrogen-bond acceptors (Lipinski definition) is 5. The zero-order valence-corrected chi connectivity index (χ0v) is 18.7. The Hall–Kier alpha value is -1.30. The molecule has 4 aliphatic carbocycles. The van der Waals surface area contributed by atoms with Gasteiger partial charge >= 0.3 is 0 Å². The highest BCUT2D eigenvalue weighted by molar-refractivity contribution is 5.63. The lowest BCUT2D eigenvalue weighted by atomic mass is 9.33. The highest BCUT2D eigenvalue weighted by Crippen LogP contribution is 2.77. The average molecular weight is 414 g/mol. The minimum Gasteiger partial charge on any atom is -0.504 e. The van der Waals surface area contributed by atoms with Gasteiger partial charge in [0.25, 0.3) is 0 Å². The quantitative estimate of drug-likeness (QED) is 0.792. The summed E-state index contributed by atoms with van der Waals surface area (Å²) in [5.74, 6) is 0.977. The molecule has 0 unspecified atom stereocenters. The number of piperidine rings is 1. The molecule has 5 nitrogen and oxygen atoms in total. The number of likely N-dealkylation sites (tertiary alicyclic amines) is 1. The van der Waals surface area contributed by atoms with Crippen molar-refractivity contribution in [2.75, 3.05) is 20.7 Å². The van der Waals surface area contributed by atoms with Gasteiger partial charge < -0.3 is 24.6 Å². The standard InChI is InChI=1S/C25H35NO4/c1-5-8-22(2,28)17-14-23-9-10-25(17,29-4)21-24(23)11-12-26(3)18(23)13-15-6-7-16(27)20(30-21)19(15)24/h6-7,17-18,21,27-28H,5,8-14H2,1-4H3/t17-,18-,21-,22+,23-,24+,25-/m1/s1. The van der Waals surface area contributed by atoms with Crippen LogP contribution in [0.25, 0.3) is 0 Å². The number of ether oxygens (including phenoxy) is 2. The molecule has 30 heavy (non-hydrogen) atoms. The summed E-state index contributed by atoms with van der Waals surface area (Å²) in [5, 5.41) is 22.5. The van der Waals surface area contributed by atoms with Gasteiger partial charge in [-0.15, -0.1) is 0 Å². The lowest BCUT2D eigenvalue weighted by molar-refractivity contribution is -0.301. The topological polar surface area (TPSA) is 62.2 Å². The maximum atomic E-state index is 11.7. The molecule has 2 aliphatic heterocycles. The first-order valence-corrected chi connectivity index (χ1v) is 11.8. The van der Waals surface area contributed by atoms with Crippen LogP contribution in [0.1, 0.15) is 63.5 Å². The summed E-state index contributed by atoms with van der Waals surface area (Å²) in [4.78, 5) is 2.56. The molecule has 7 atom stereocenters. The maximum absolute atomic E-state index is 11.7. The third kappa shape index (κ3) is 1.85. The number of likely N-dealkylation sites (N-methyl/N-ethyl adjacent to an activating group) is 1. The first-order valence-electron chi connectivity index (χ1n) is 11.8. The first kappa shape index (κ1) is 19.4. The number of nitrogens with zero attached hydrogens (tertiary/aromatic N) is 1. The Balaban J connectivity index is 1.64. The molecular formula is C25H35NO4. The third-order valence-corrected chi connectivity index (χ3v) is 10.1. The Morgan fingerprint density at radius 2 is 2.10 bits per heavy atom. The van der Waals surface area contributed by atoms with Gasteiger partial charge in [0.05, 0.1) is 5.60 Å². The van der Waals surface area contributed by atoms with Crippen molar-refractivity contribution in [3.05, 3.63) is 23.3 Å². The number of phenolic OH excluding ortho intramolecular Hbond substituents is 1. The third-order valence-electron chi connectivity index (χ3n) is 10.1. The average Bonchev–Trinajstić information content (AvgIpc) is 3.09. The predicted octanol–water partition coefficient (Wildman–Crippen LogP) is 3.39. The van der Waals surface area contributed by atoms with E-state index in [1.165, 1.54) is 11.1 Å². The fourth-order valence-electron chi connectivity index (χ4n) is 9.09. The van der Waals surface area contributed by atoms with Crippen LogP contribution >= 0.6 is 0 Å². The molecule has 2 heterocycles. The number of hydrogen-bond donors (Lipinski definition) is 2. The highest BCUT2D eigenvalue weighted by Gasteiger charge is 2.81. The maximum Gasteiger partial charge on any atom is 0.165 e. The van der Waals surface area contributed by atoms with Crippen LogP contribution in [0.15, 0.2) is 12.1 Å². The lowest BCUT2D eigenvalue weighted by Crippen LogP contribution is -2.82. The second-order valence-electron chi connectivity index (χ2n) is 11.0. The van der Waals surface area contributed by atoms with E-state index in [9.17, 15) is 10.2 Å². The van der Waals surface area contributed by atoms with Crippen molar-refractivity contribution in [3.63, 3.8) is 0 Å². The number of fused-ring (bicyclic) bond motifs is 2. The summed E-state index contributed by atoms with van der Waals surface area (Å²) in [6, 6.07) is 4.37. The van der Waals surface area contributed by atoms with Gasteiger partial charge in [-0.1, -0.05) is 19.4 Å². The van der Waals surface area contributed by atoms with Crippen LogP contribution in [0.3, 0.4) is 0 Å². The molecule has 1 aromatic carbocycles. The van der Waals surface area contributed by atoms with E-state index in [2.05, 4.69) is 24.9 Å². The van der Waals surface area contributed by atoms with Gasteiger partial charge in [-0.2, -0.15) is 0 Å². The Kier molecular flexibility index (Phi) is 3.70. The van der Waals surface area contributed by atoms with Crippen molar-refractivity contribution in [2.24, 2.45) is 11.3 Å². The summed E-state index contributed by atoms with van der Waals surface area (Å²) < 4.78 is 13.2. The zero-order valence-electron chi connectivity index (χ0n) is 18.7.